The number of hydrogen-bond donors (Lipinski definition) is 0. The summed E-state index contributed by atoms with van der Waals surface area (Å²) in [5, 5.41) is 2.38. The second-order valence-corrected chi connectivity index (χ2v) is 4.29. The normalized spacial score (nSPS) is 10.5. The fourth-order valence-electron chi connectivity index (χ4n) is 1.88. The van der Waals surface area contributed by atoms with Crippen molar-refractivity contribution < 1.29 is 4.79 Å². The lowest BCUT2D eigenvalue weighted by Gasteiger charge is -2.17. The maximum Gasteiger partial charge on any atom is 0.237 e. The Kier molecular flexibility index (Phi) is 3.64. The second kappa shape index (κ2) is 5.19. The van der Waals surface area contributed by atoms with Crippen LogP contribution in [0.5, 0.6) is 0 Å². The molecule has 88 valence electrons. The van der Waals surface area contributed by atoms with E-state index in [1.807, 2.05) is 24.3 Å². The zero-order chi connectivity index (χ0) is 12.3. The smallest absolute Gasteiger partial charge is 0.237 e. The Morgan fingerprint density at radius 2 is 1.88 bits per heavy atom. The zero-order valence-corrected chi connectivity index (χ0v) is 10.4. The van der Waals surface area contributed by atoms with E-state index in [4.69, 9.17) is 11.6 Å². The number of halogens is 1. The number of amides is 1. The topological polar surface area (TPSA) is 20.3 Å². The van der Waals surface area contributed by atoms with Crippen LogP contribution in [0.4, 0.5) is 0 Å². The number of rotatable bonds is 3. The predicted octanol–water partition coefficient (Wildman–Crippen LogP) is 3.04. The SMILES string of the molecule is CN(Cc1cccc2ccccc12)C(=O)CCl. The van der Waals surface area contributed by atoms with Gasteiger partial charge >= 0.3 is 0 Å². The molecule has 0 bridgehead atoms. The summed E-state index contributed by atoms with van der Waals surface area (Å²) in [4.78, 5) is 13.1. The Bertz CT molecular complexity index is 533. The molecule has 0 saturated carbocycles. The quantitative estimate of drug-likeness (QED) is 0.764. The maximum atomic E-state index is 11.4. The molecule has 17 heavy (non-hydrogen) atoms. The molecule has 2 aromatic carbocycles. The number of nitrogens with zero attached hydrogens (tertiary/aromatic N) is 1. The molecule has 0 aromatic heterocycles. The van der Waals surface area contributed by atoms with Gasteiger partial charge in [0.05, 0.1) is 0 Å². The van der Waals surface area contributed by atoms with E-state index in [9.17, 15) is 4.79 Å². The van der Waals surface area contributed by atoms with Crippen molar-refractivity contribution in [1.82, 2.24) is 4.90 Å². The molecule has 3 heteroatoms. The third-order valence-corrected chi connectivity index (χ3v) is 3.06. The molecule has 0 spiro atoms. The molecule has 2 aromatic rings. The third kappa shape index (κ3) is 2.59. The average Bonchev–Trinajstić information content (AvgIpc) is 2.38. The summed E-state index contributed by atoms with van der Waals surface area (Å²) in [6.07, 6.45) is 0. The van der Waals surface area contributed by atoms with Crippen LogP contribution in [0.15, 0.2) is 42.5 Å². The van der Waals surface area contributed by atoms with Crippen LogP contribution in [0, 0.1) is 0 Å². The van der Waals surface area contributed by atoms with Crippen molar-refractivity contribution in [1.29, 1.82) is 0 Å². The summed E-state index contributed by atoms with van der Waals surface area (Å²) in [5.41, 5.74) is 1.14. The van der Waals surface area contributed by atoms with Crippen molar-refractivity contribution in [3.05, 3.63) is 48.0 Å². The van der Waals surface area contributed by atoms with Crippen LogP contribution < -0.4 is 0 Å². The van der Waals surface area contributed by atoms with Gasteiger partial charge in [-0.1, -0.05) is 42.5 Å². The fraction of sp³-hybridized carbons (Fsp3) is 0.214. The van der Waals surface area contributed by atoms with E-state index in [0.717, 1.165) is 5.56 Å². The summed E-state index contributed by atoms with van der Waals surface area (Å²) in [6, 6.07) is 14.3. The van der Waals surface area contributed by atoms with Gasteiger partial charge in [-0.15, -0.1) is 11.6 Å². The van der Waals surface area contributed by atoms with Crippen molar-refractivity contribution in [2.75, 3.05) is 12.9 Å². The Hall–Kier alpha value is -1.54. The number of alkyl halides is 1. The first-order valence-corrected chi connectivity index (χ1v) is 6.02. The molecule has 0 aliphatic rings. The van der Waals surface area contributed by atoms with Crippen molar-refractivity contribution in [3.8, 4) is 0 Å². The van der Waals surface area contributed by atoms with Crippen LogP contribution >= 0.6 is 11.6 Å². The van der Waals surface area contributed by atoms with Gasteiger partial charge in [0, 0.05) is 13.6 Å². The first-order chi connectivity index (χ1) is 8.22. The number of carbonyl (C=O) groups excluding carboxylic acids is 1. The molecule has 0 aliphatic carbocycles. The highest BCUT2D eigenvalue weighted by atomic mass is 35.5. The van der Waals surface area contributed by atoms with Gasteiger partial charge in [-0.2, -0.15) is 0 Å². The van der Waals surface area contributed by atoms with Gasteiger partial charge in [0.15, 0.2) is 0 Å². The highest BCUT2D eigenvalue weighted by molar-refractivity contribution is 6.27. The molecule has 0 radical (unpaired) electrons. The molecule has 0 aliphatic heterocycles. The van der Waals surface area contributed by atoms with Gasteiger partial charge in [0.2, 0.25) is 5.91 Å². The van der Waals surface area contributed by atoms with Crippen molar-refractivity contribution in [3.63, 3.8) is 0 Å². The highest BCUT2D eigenvalue weighted by Gasteiger charge is 2.09. The molecule has 0 N–H and O–H groups in total. The minimum atomic E-state index is -0.0559. The van der Waals surface area contributed by atoms with Crippen molar-refractivity contribution >= 4 is 28.3 Å². The number of carbonyl (C=O) groups is 1. The molecular formula is C14H14ClNO. The van der Waals surface area contributed by atoms with Crippen LogP contribution in [0.3, 0.4) is 0 Å². The number of benzene rings is 2. The standard InChI is InChI=1S/C14H14ClNO/c1-16(14(17)9-15)10-12-7-4-6-11-5-2-3-8-13(11)12/h2-8H,9-10H2,1H3. The third-order valence-electron chi connectivity index (χ3n) is 2.83. The molecule has 0 fully saturated rings. The minimum absolute atomic E-state index is 0.0290. The summed E-state index contributed by atoms with van der Waals surface area (Å²) in [6.45, 7) is 0.590. The Morgan fingerprint density at radius 1 is 1.18 bits per heavy atom. The Morgan fingerprint density at radius 3 is 2.65 bits per heavy atom. The lowest BCUT2D eigenvalue weighted by molar-refractivity contribution is -0.127. The summed E-state index contributed by atoms with van der Waals surface area (Å²) in [7, 11) is 1.77. The minimum Gasteiger partial charge on any atom is -0.340 e. The van der Waals surface area contributed by atoms with Gasteiger partial charge in [0.25, 0.3) is 0 Å². The Balaban J connectivity index is 2.33. The monoisotopic (exact) mass is 247 g/mol. The molecule has 2 rings (SSSR count). The van der Waals surface area contributed by atoms with Gasteiger partial charge in [-0.25, -0.2) is 0 Å². The largest absolute Gasteiger partial charge is 0.340 e. The van der Waals surface area contributed by atoms with Crippen LogP contribution in [-0.2, 0) is 11.3 Å². The molecule has 0 heterocycles. The summed E-state index contributed by atoms with van der Waals surface area (Å²) in [5.74, 6) is -0.0269. The van der Waals surface area contributed by atoms with E-state index in [-0.39, 0.29) is 11.8 Å². The van der Waals surface area contributed by atoms with Crippen LogP contribution in [0.25, 0.3) is 10.8 Å². The van der Waals surface area contributed by atoms with E-state index in [0.29, 0.717) is 6.54 Å². The van der Waals surface area contributed by atoms with E-state index >= 15 is 0 Å². The molecular weight excluding hydrogens is 234 g/mol. The maximum absolute atomic E-state index is 11.4. The average molecular weight is 248 g/mol. The van der Waals surface area contributed by atoms with E-state index in [1.54, 1.807) is 11.9 Å². The summed E-state index contributed by atoms with van der Waals surface area (Å²) >= 11 is 5.54. The van der Waals surface area contributed by atoms with Gasteiger partial charge in [0.1, 0.15) is 5.88 Å². The Labute approximate surface area is 106 Å². The van der Waals surface area contributed by atoms with Gasteiger partial charge in [-0.3, -0.25) is 4.79 Å². The fourth-order valence-corrected chi connectivity index (χ4v) is 2.08. The molecule has 0 atom stereocenters. The van der Waals surface area contributed by atoms with E-state index in [1.165, 1.54) is 10.8 Å². The number of hydrogen-bond acceptors (Lipinski definition) is 1. The first kappa shape index (κ1) is 11.9. The van der Waals surface area contributed by atoms with E-state index < -0.39 is 0 Å². The van der Waals surface area contributed by atoms with Crippen LogP contribution in [0.1, 0.15) is 5.56 Å². The van der Waals surface area contributed by atoms with Crippen LogP contribution in [0.2, 0.25) is 0 Å². The molecule has 0 saturated heterocycles. The molecule has 0 unspecified atom stereocenters. The molecule has 1 amide bonds. The van der Waals surface area contributed by atoms with Gasteiger partial charge in [-0.05, 0) is 16.3 Å². The van der Waals surface area contributed by atoms with Crippen molar-refractivity contribution in [2.24, 2.45) is 0 Å². The lowest BCUT2D eigenvalue weighted by Crippen LogP contribution is -2.27. The molecule has 2 nitrogen and oxygen atoms in total. The van der Waals surface area contributed by atoms with Gasteiger partial charge < -0.3 is 4.90 Å². The van der Waals surface area contributed by atoms with Crippen LogP contribution in [-0.4, -0.2) is 23.7 Å². The first-order valence-electron chi connectivity index (χ1n) is 5.49. The van der Waals surface area contributed by atoms with Crippen molar-refractivity contribution in [2.45, 2.75) is 6.54 Å². The summed E-state index contributed by atoms with van der Waals surface area (Å²) < 4.78 is 0. The predicted molar refractivity (Wildman–Crippen MR) is 71.1 cm³/mol. The lowest BCUT2D eigenvalue weighted by atomic mass is 10.0. The van der Waals surface area contributed by atoms with E-state index in [2.05, 4.69) is 18.2 Å². The second-order valence-electron chi connectivity index (χ2n) is 4.02. The number of fused-ring (bicyclic) bond motifs is 1. The highest BCUT2D eigenvalue weighted by Crippen LogP contribution is 2.19. The zero-order valence-electron chi connectivity index (χ0n) is 9.69.